The van der Waals surface area contributed by atoms with Crippen molar-refractivity contribution < 1.29 is 5.11 Å². The minimum absolute atomic E-state index is 0.356. The van der Waals surface area contributed by atoms with Gasteiger partial charge in [-0.05, 0) is 45.2 Å². The Morgan fingerprint density at radius 3 is 2.32 bits per heavy atom. The van der Waals surface area contributed by atoms with Gasteiger partial charge in [-0.2, -0.15) is 0 Å². The van der Waals surface area contributed by atoms with E-state index in [9.17, 15) is 0 Å². The number of unbranched alkanes of at least 4 members (excludes halogenated alkanes) is 6. The van der Waals surface area contributed by atoms with E-state index in [1.54, 1.807) is 0 Å². The normalized spacial score (nSPS) is 20.8. The molecule has 0 aromatic heterocycles. The molecule has 1 aliphatic rings. The summed E-state index contributed by atoms with van der Waals surface area (Å²) in [4.78, 5) is 2.63. The maximum Gasteiger partial charge on any atom is 0.0445 e. The minimum atomic E-state index is 0.356. The second kappa shape index (κ2) is 12.2. The predicted molar refractivity (Wildman–Crippen MR) is 87.0 cm³/mol. The van der Waals surface area contributed by atoms with Gasteiger partial charge in [0.1, 0.15) is 0 Å². The van der Waals surface area contributed by atoms with Crippen molar-refractivity contribution in [3.8, 4) is 0 Å². The summed E-state index contributed by atoms with van der Waals surface area (Å²) < 4.78 is 0. The van der Waals surface area contributed by atoms with Crippen LogP contribution in [0.5, 0.6) is 0 Å². The van der Waals surface area contributed by atoms with E-state index in [4.69, 9.17) is 5.11 Å². The molecule has 0 radical (unpaired) electrons. The molecule has 0 amide bonds. The fourth-order valence-electron chi connectivity index (χ4n) is 3.12. The minimum Gasteiger partial charge on any atom is -0.396 e. The third kappa shape index (κ3) is 8.31. The van der Waals surface area contributed by atoms with Gasteiger partial charge in [0.2, 0.25) is 0 Å². The van der Waals surface area contributed by atoms with E-state index in [0.29, 0.717) is 12.6 Å². The molecule has 19 heavy (non-hydrogen) atoms. The van der Waals surface area contributed by atoms with Crippen LogP contribution in [0.15, 0.2) is 0 Å². The van der Waals surface area contributed by atoms with E-state index in [1.165, 1.54) is 77.3 Å². The Hall–Kier alpha value is 0.400. The van der Waals surface area contributed by atoms with Gasteiger partial charge in [0.15, 0.2) is 0 Å². The number of hydrogen-bond donors (Lipinski definition) is 1. The van der Waals surface area contributed by atoms with Gasteiger partial charge in [0, 0.05) is 18.0 Å². The number of aliphatic hydroxyl groups is 1. The molecule has 3 heteroatoms. The van der Waals surface area contributed by atoms with Crippen molar-refractivity contribution in [3.63, 3.8) is 0 Å². The zero-order chi connectivity index (χ0) is 13.8. The highest BCUT2D eigenvalue weighted by molar-refractivity contribution is 9.09. The van der Waals surface area contributed by atoms with E-state index in [2.05, 4.69) is 20.8 Å². The third-order valence-electron chi connectivity index (χ3n) is 4.29. The van der Waals surface area contributed by atoms with E-state index < -0.39 is 0 Å². The van der Waals surface area contributed by atoms with Crippen LogP contribution >= 0.6 is 15.9 Å². The Kier molecular flexibility index (Phi) is 11.2. The van der Waals surface area contributed by atoms with Crippen LogP contribution in [0.3, 0.4) is 0 Å². The molecule has 1 unspecified atom stereocenters. The monoisotopic (exact) mass is 333 g/mol. The molecule has 0 aromatic carbocycles. The predicted octanol–water partition coefficient (Wildman–Crippen LogP) is 4.35. The average Bonchev–Trinajstić information content (AvgIpc) is 2.44. The number of rotatable bonds is 11. The Morgan fingerprint density at radius 1 is 0.947 bits per heavy atom. The molecule has 0 aromatic rings. The van der Waals surface area contributed by atoms with Gasteiger partial charge in [0.25, 0.3) is 0 Å². The first-order chi connectivity index (χ1) is 9.38. The number of hydrogen-bond acceptors (Lipinski definition) is 2. The number of halogens is 1. The molecule has 1 N–H and O–H groups in total. The standard InChI is InChI=1S/C16H32BrNO/c17-12-7-4-2-1-3-5-8-13-18-14-9-6-10-16(18)11-15-19/h16,19H,1-15H2. The molecule has 1 atom stereocenters. The quantitative estimate of drug-likeness (QED) is 0.449. The summed E-state index contributed by atoms with van der Waals surface area (Å²) in [5.74, 6) is 0. The summed E-state index contributed by atoms with van der Waals surface area (Å²) in [5.41, 5.74) is 0. The summed E-state index contributed by atoms with van der Waals surface area (Å²) in [6.07, 6.45) is 14.7. The highest BCUT2D eigenvalue weighted by Gasteiger charge is 2.20. The maximum atomic E-state index is 9.12. The molecule has 1 fully saturated rings. The average molecular weight is 334 g/mol. The van der Waals surface area contributed by atoms with Crippen molar-refractivity contribution in [2.24, 2.45) is 0 Å². The van der Waals surface area contributed by atoms with Crippen molar-refractivity contribution >= 4 is 15.9 Å². The topological polar surface area (TPSA) is 23.5 Å². The van der Waals surface area contributed by atoms with Crippen molar-refractivity contribution in [2.75, 3.05) is 25.0 Å². The van der Waals surface area contributed by atoms with Gasteiger partial charge in [-0.1, -0.05) is 54.5 Å². The number of nitrogens with zero attached hydrogens (tertiary/aromatic N) is 1. The summed E-state index contributed by atoms with van der Waals surface area (Å²) in [7, 11) is 0. The fraction of sp³-hybridized carbons (Fsp3) is 1.00. The largest absolute Gasteiger partial charge is 0.396 e. The van der Waals surface area contributed by atoms with Crippen LogP contribution in [-0.4, -0.2) is 41.1 Å². The smallest absolute Gasteiger partial charge is 0.0445 e. The van der Waals surface area contributed by atoms with E-state index in [1.807, 2.05) is 0 Å². The second-order valence-electron chi connectivity index (χ2n) is 5.86. The second-order valence-corrected chi connectivity index (χ2v) is 6.65. The lowest BCUT2D eigenvalue weighted by atomic mass is 9.99. The van der Waals surface area contributed by atoms with Crippen LogP contribution in [0.1, 0.15) is 70.6 Å². The zero-order valence-corrected chi connectivity index (χ0v) is 14.0. The molecule has 1 aliphatic heterocycles. The molecule has 1 saturated heterocycles. The van der Waals surface area contributed by atoms with Crippen LogP contribution in [-0.2, 0) is 0 Å². The maximum absolute atomic E-state index is 9.12. The molecular formula is C16H32BrNO. The lowest BCUT2D eigenvalue weighted by Crippen LogP contribution is -2.40. The Bertz CT molecular complexity index is 199. The highest BCUT2D eigenvalue weighted by Crippen LogP contribution is 2.20. The molecule has 0 bridgehead atoms. The molecule has 1 rings (SSSR count). The van der Waals surface area contributed by atoms with Gasteiger partial charge in [-0.3, -0.25) is 0 Å². The first-order valence-electron chi connectivity index (χ1n) is 8.29. The van der Waals surface area contributed by atoms with Crippen molar-refractivity contribution in [3.05, 3.63) is 0 Å². The molecule has 1 heterocycles. The van der Waals surface area contributed by atoms with E-state index in [0.717, 1.165) is 11.8 Å². The number of alkyl halides is 1. The van der Waals surface area contributed by atoms with Crippen molar-refractivity contribution in [1.82, 2.24) is 4.90 Å². The zero-order valence-electron chi connectivity index (χ0n) is 12.5. The van der Waals surface area contributed by atoms with Crippen LogP contribution in [0.4, 0.5) is 0 Å². The Labute approximate surface area is 128 Å². The van der Waals surface area contributed by atoms with Crippen molar-refractivity contribution in [2.45, 2.75) is 76.7 Å². The first-order valence-corrected chi connectivity index (χ1v) is 9.41. The van der Waals surface area contributed by atoms with Crippen LogP contribution in [0, 0.1) is 0 Å². The molecular weight excluding hydrogens is 302 g/mol. The SMILES string of the molecule is OCCC1CCCCN1CCCCCCCCCBr. The van der Waals surface area contributed by atoms with Gasteiger partial charge in [-0.25, -0.2) is 0 Å². The van der Waals surface area contributed by atoms with Crippen molar-refractivity contribution in [1.29, 1.82) is 0 Å². The van der Waals surface area contributed by atoms with E-state index >= 15 is 0 Å². The van der Waals surface area contributed by atoms with Gasteiger partial charge in [0.05, 0.1) is 0 Å². The lowest BCUT2D eigenvalue weighted by Gasteiger charge is -2.35. The summed E-state index contributed by atoms with van der Waals surface area (Å²) in [5, 5.41) is 10.3. The summed E-state index contributed by atoms with van der Waals surface area (Å²) in [6, 6.07) is 0.665. The number of piperidine rings is 1. The molecule has 0 saturated carbocycles. The van der Waals surface area contributed by atoms with Crippen LogP contribution < -0.4 is 0 Å². The third-order valence-corrected chi connectivity index (χ3v) is 4.85. The lowest BCUT2D eigenvalue weighted by molar-refractivity contribution is 0.117. The molecule has 0 aliphatic carbocycles. The Morgan fingerprint density at radius 2 is 1.63 bits per heavy atom. The highest BCUT2D eigenvalue weighted by atomic mass is 79.9. The summed E-state index contributed by atoms with van der Waals surface area (Å²) in [6.45, 7) is 2.87. The van der Waals surface area contributed by atoms with Gasteiger partial charge in [-0.15, -0.1) is 0 Å². The first kappa shape index (κ1) is 17.5. The molecule has 114 valence electrons. The molecule has 0 spiro atoms. The summed E-state index contributed by atoms with van der Waals surface area (Å²) >= 11 is 3.48. The van der Waals surface area contributed by atoms with Gasteiger partial charge < -0.3 is 10.0 Å². The Balaban J connectivity index is 1.97. The van der Waals surface area contributed by atoms with Gasteiger partial charge >= 0.3 is 0 Å². The number of likely N-dealkylation sites (tertiary alicyclic amines) is 1. The number of aliphatic hydroxyl groups excluding tert-OH is 1. The van der Waals surface area contributed by atoms with Crippen LogP contribution in [0.2, 0.25) is 0 Å². The van der Waals surface area contributed by atoms with E-state index in [-0.39, 0.29) is 0 Å². The van der Waals surface area contributed by atoms with Crippen LogP contribution in [0.25, 0.3) is 0 Å². The molecule has 2 nitrogen and oxygen atoms in total. The fourth-order valence-corrected chi connectivity index (χ4v) is 3.52.